The monoisotopic (exact) mass is 330 g/mol. The fraction of sp³-hybridized carbons (Fsp3) is 0.625. The lowest BCUT2D eigenvalue weighted by atomic mass is 10.2. The molecule has 2 aromatic heterocycles. The summed E-state index contributed by atoms with van der Waals surface area (Å²) < 4.78 is 11.7. The molecule has 2 aliphatic rings. The smallest absolute Gasteiger partial charge is 0.230 e. The van der Waals surface area contributed by atoms with Gasteiger partial charge in [0.2, 0.25) is 11.8 Å². The van der Waals surface area contributed by atoms with Crippen molar-refractivity contribution in [2.45, 2.75) is 31.4 Å². The van der Waals surface area contributed by atoms with Gasteiger partial charge in [-0.2, -0.15) is 5.10 Å². The first kappa shape index (κ1) is 15.5. The van der Waals surface area contributed by atoms with E-state index in [1.54, 1.807) is 6.20 Å². The third-order valence-corrected chi connectivity index (χ3v) is 4.42. The molecule has 1 atom stereocenters. The van der Waals surface area contributed by atoms with Gasteiger partial charge in [-0.25, -0.2) is 0 Å². The van der Waals surface area contributed by atoms with Crippen LogP contribution in [0, 0.1) is 0 Å². The van der Waals surface area contributed by atoms with Gasteiger partial charge in [0.1, 0.15) is 0 Å². The molecule has 1 unspecified atom stereocenters. The van der Waals surface area contributed by atoms with Crippen LogP contribution in [0.3, 0.4) is 0 Å². The molecule has 2 aromatic rings. The fourth-order valence-electron chi connectivity index (χ4n) is 2.95. The van der Waals surface area contributed by atoms with Gasteiger partial charge in [-0.1, -0.05) is 0 Å². The van der Waals surface area contributed by atoms with Gasteiger partial charge in [-0.05, 0) is 25.0 Å². The van der Waals surface area contributed by atoms with Crippen LogP contribution in [-0.2, 0) is 11.3 Å². The maximum Gasteiger partial charge on any atom is 0.230 e. The van der Waals surface area contributed by atoms with Crippen LogP contribution < -0.4 is 4.90 Å². The van der Waals surface area contributed by atoms with Crippen LogP contribution in [0.5, 0.6) is 0 Å². The Balaban J connectivity index is 1.31. The van der Waals surface area contributed by atoms with Crippen molar-refractivity contribution in [3.8, 4) is 0 Å². The minimum atomic E-state index is 0.122. The second-order valence-corrected chi connectivity index (χ2v) is 6.50. The van der Waals surface area contributed by atoms with E-state index in [4.69, 9.17) is 9.15 Å². The normalized spacial score (nSPS) is 21.8. The van der Waals surface area contributed by atoms with E-state index >= 15 is 0 Å². The van der Waals surface area contributed by atoms with Crippen LogP contribution in [0.2, 0.25) is 0 Å². The average molecular weight is 330 g/mol. The topological polar surface area (TPSA) is 80.4 Å². The van der Waals surface area contributed by atoms with Gasteiger partial charge in [0.25, 0.3) is 0 Å². The van der Waals surface area contributed by atoms with Crippen molar-refractivity contribution < 1.29 is 9.15 Å². The Hall–Kier alpha value is -2.06. The number of aromatic nitrogens is 4. The number of likely N-dealkylation sites (N-methyl/N-ethyl adjacent to an activating group) is 1. The Kier molecular flexibility index (Phi) is 4.40. The van der Waals surface area contributed by atoms with E-state index in [0.29, 0.717) is 25.0 Å². The van der Waals surface area contributed by atoms with E-state index in [0.717, 1.165) is 31.3 Å². The summed E-state index contributed by atoms with van der Waals surface area (Å²) in [6, 6.07) is 3.84. The van der Waals surface area contributed by atoms with Crippen LogP contribution in [0.1, 0.15) is 30.5 Å². The third-order valence-electron chi connectivity index (χ3n) is 4.42. The first-order chi connectivity index (χ1) is 11.8. The fourth-order valence-corrected chi connectivity index (χ4v) is 2.95. The maximum atomic E-state index is 5.89. The Morgan fingerprint density at radius 3 is 3.00 bits per heavy atom. The molecule has 1 saturated carbocycles. The molecule has 0 N–H and O–H groups in total. The Morgan fingerprint density at radius 1 is 1.29 bits per heavy atom. The van der Waals surface area contributed by atoms with Gasteiger partial charge in [0.15, 0.2) is 5.82 Å². The van der Waals surface area contributed by atoms with E-state index in [1.165, 1.54) is 12.8 Å². The van der Waals surface area contributed by atoms with Crippen LogP contribution in [-0.4, -0.2) is 64.7 Å². The highest BCUT2D eigenvalue weighted by molar-refractivity contribution is 5.35. The molecule has 0 bridgehead atoms. The zero-order chi connectivity index (χ0) is 16.4. The van der Waals surface area contributed by atoms with Gasteiger partial charge in [-0.3, -0.25) is 4.90 Å². The molecule has 0 amide bonds. The second-order valence-electron chi connectivity index (χ2n) is 6.50. The van der Waals surface area contributed by atoms with Crippen LogP contribution >= 0.6 is 0 Å². The molecular weight excluding hydrogens is 308 g/mol. The Labute approximate surface area is 140 Å². The quantitative estimate of drug-likeness (QED) is 0.778. The number of rotatable bonds is 6. The standard InChI is InChI=1S/C16H22N6O2/c1-21(14-3-2-6-17-18-14)9-13-10-22(7-8-23-13)11-15-19-20-16(24-15)12-4-5-12/h2-3,6,12-13H,4-5,7-11H2,1H3. The molecule has 4 rings (SSSR count). The van der Waals surface area contributed by atoms with Crippen molar-refractivity contribution in [1.29, 1.82) is 0 Å². The average Bonchev–Trinajstić information content (AvgIpc) is 3.36. The summed E-state index contributed by atoms with van der Waals surface area (Å²) in [5, 5.41) is 16.4. The summed E-state index contributed by atoms with van der Waals surface area (Å²) in [4.78, 5) is 4.38. The largest absolute Gasteiger partial charge is 0.424 e. The lowest BCUT2D eigenvalue weighted by molar-refractivity contribution is -0.0288. The molecule has 1 aliphatic carbocycles. The minimum absolute atomic E-state index is 0.122. The highest BCUT2D eigenvalue weighted by Gasteiger charge is 2.30. The van der Waals surface area contributed by atoms with Gasteiger partial charge in [0, 0.05) is 38.8 Å². The molecule has 0 spiro atoms. The van der Waals surface area contributed by atoms with Gasteiger partial charge >= 0.3 is 0 Å². The molecule has 128 valence electrons. The van der Waals surface area contributed by atoms with Crippen LogP contribution in [0.25, 0.3) is 0 Å². The van der Waals surface area contributed by atoms with Gasteiger partial charge in [0.05, 0.1) is 19.3 Å². The molecule has 1 saturated heterocycles. The van der Waals surface area contributed by atoms with E-state index in [2.05, 4.69) is 30.2 Å². The Bertz CT molecular complexity index is 660. The third kappa shape index (κ3) is 3.70. The first-order valence-corrected chi connectivity index (χ1v) is 8.43. The molecular formula is C16H22N6O2. The van der Waals surface area contributed by atoms with Crippen LogP contribution in [0.4, 0.5) is 5.82 Å². The number of anilines is 1. The molecule has 8 nitrogen and oxygen atoms in total. The Morgan fingerprint density at radius 2 is 2.21 bits per heavy atom. The summed E-state index contributed by atoms with van der Waals surface area (Å²) >= 11 is 0. The predicted molar refractivity (Wildman–Crippen MR) is 86.6 cm³/mol. The van der Waals surface area contributed by atoms with Crippen molar-refractivity contribution in [1.82, 2.24) is 25.3 Å². The summed E-state index contributed by atoms with van der Waals surface area (Å²) in [5.74, 6) is 2.87. The van der Waals surface area contributed by atoms with Crippen molar-refractivity contribution in [3.05, 3.63) is 30.1 Å². The number of hydrogen-bond acceptors (Lipinski definition) is 8. The zero-order valence-corrected chi connectivity index (χ0v) is 13.8. The number of morpholine rings is 1. The molecule has 3 heterocycles. The van der Waals surface area contributed by atoms with E-state index in [-0.39, 0.29) is 6.10 Å². The van der Waals surface area contributed by atoms with E-state index in [9.17, 15) is 0 Å². The lowest BCUT2D eigenvalue weighted by Gasteiger charge is -2.34. The van der Waals surface area contributed by atoms with Crippen LogP contribution in [0.15, 0.2) is 22.7 Å². The predicted octanol–water partition coefficient (Wildman–Crippen LogP) is 1.07. The summed E-state index contributed by atoms with van der Waals surface area (Å²) in [7, 11) is 2.01. The van der Waals surface area contributed by atoms with Gasteiger partial charge < -0.3 is 14.1 Å². The molecule has 24 heavy (non-hydrogen) atoms. The zero-order valence-electron chi connectivity index (χ0n) is 13.8. The SMILES string of the molecule is CN(CC1CN(Cc2nnc(C3CC3)o2)CCO1)c1cccnn1. The highest BCUT2D eigenvalue weighted by Crippen LogP contribution is 2.39. The van der Waals surface area contributed by atoms with Gasteiger partial charge in [-0.15, -0.1) is 15.3 Å². The number of ether oxygens (including phenoxy) is 1. The summed E-state index contributed by atoms with van der Waals surface area (Å²) in [5.41, 5.74) is 0. The highest BCUT2D eigenvalue weighted by atomic mass is 16.5. The summed E-state index contributed by atoms with van der Waals surface area (Å²) in [6.45, 7) is 3.89. The van der Waals surface area contributed by atoms with Crippen molar-refractivity contribution in [2.24, 2.45) is 0 Å². The lowest BCUT2D eigenvalue weighted by Crippen LogP contribution is -2.46. The minimum Gasteiger partial charge on any atom is -0.424 e. The van der Waals surface area contributed by atoms with Crippen molar-refractivity contribution >= 4 is 5.82 Å². The van der Waals surface area contributed by atoms with E-state index < -0.39 is 0 Å². The molecule has 1 aliphatic heterocycles. The second kappa shape index (κ2) is 6.82. The summed E-state index contributed by atoms with van der Waals surface area (Å²) in [6.07, 6.45) is 4.15. The van der Waals surface area contributed by atoms with Crippen molar-refractivity contribution in [2.75, 3.05) is 38.2 Å². The number of nitrogens with zero attached hydrogens (tertiary/aromatic N) is 6. The molecule has 0 radical (unpaired) electrons. The number of hydrogen-bond donors (Lipinski definition) is 0. The first-order valence-electron chi connectivity index (χ1n) is 8.43. The van der Waals surface area contributed by atoms with Crippen molar-refractivity contribution in [3.63, 3.8) is 0 Å². The van der Waals surface area contributed by atoms with E-state index in [1.807, 2.05) is 19.2 Å². The molecule has 2 fully saturated rings. The molecule has 0 aromatic carbocycles. The maximum absolute atomic E-state index is 5.89. The molecule has 8 heteroatoms.